The number of halogens is 3. The Kier molecular flexibility index (Phi) is 9.04. The molecule has 2 N–H and O–H groups in total. The number of aliphatic carboxylic acids is 1. The van der Waals surface area contributed by atoms with Crippen molar-refractivity contribution in [2.45, 2.75) is 70.7 Å². The number of aromatic nitrogens is 1. The highest BCUT2D eigenvalue weighted by Crippen LogP contribution is 2.41. The Hall–Kier alpha value is -2.94. The van der Waals surface area contributed by atoms with Gasteiger partial charge in [-0.3, -0.25) is 9.78 Å². The highest BCUT2D eigenvalue weighted by Gasteiger charge is 2.35. The Morgan fingerprint density at radius 1 is 1.21 bits per heavy atom. The molecule has 34 heavy (non-hydrogen) atoms. The van der Waals surface area contributed by atoms with E-state index in [2.05, 4.69) is 15.5 Å². The molecule has 1 aromatic heterocycles. The predicted octanol–water partition coefficient (Wildman–Crippen LogP) is 5.65. The number of carbonyl (C=O) groups is 1. The minimum Gasteiger partial charge on any atom is -0.481 e. The normalized spacial score (nSPS) is 15.4. The van der Waals surface area contributed by atoms with Gasteiger partial charge in [-0.25, -0.2) is 0 Å². The number of pyridine rings is 1. The van der Waals surface area contributed by atoms with Gasteiger partial charge in [0.25, 0.3) is 0 Å². The average molecular weight is 478 g/mol. The highest BCUT2D eigenvalue weighted by molar-refractivity contribution is 5.98. The lowest BCUT2D eigenvalue weighted by Crippen LogP contribution is -2.18. The summed E-state index contributed by atoms with van der Waals surface area (Å²) in [6.45, 7) is 2.46. The number of hydrogen-bond acceptors (Lipinski definition) is 5. The Bertz CT molecular complexity index is 985. The topological polar surface area (TPSA) is 83.8 Å². The van der Waals surface area contributed by atoms with Crippen molar-refractivity contribution in [3.63, 3.8) is 0 Å². The van der Waals surface area contributed by atoms with E-state index in [0.29, 0.717) is 29.9 Å². The molecule has 0 bridgehead atoms. The van der Waals surface area contributed by atoms with Gasteiger partial charge in [-0.1, -0.05) is 36.6 Å². The van der Waals surface area contributed by atoms with E-state index in [-0.39, 0.29) is 18.9 Å². The third-order valence-corrected chi connectivity index (χ3v) is 5.97. The summed E-state index contributed by atoms with van der Waals surface area (Å²) in [5.74, 6) is -0.902. The Labute approximate surface area is 197 Å². The zero-order valence-corrected chi connectivity index (χ0v) is 19.2. The molecular formula is C25H30F3N3O3. The fourth-order valence-corrected chi connectivity index (χ4v) is 4.12. The number of carboxylic acid groups (broad SMARTS) is 1. The van der Waals surface area contributed by atoms with Crippen molar-refractivity contribution in [2.75, 3.05) is 6.54 Å². The van der Waals surface area contributed by atoms with Crippen LogP contribution in [-0.4, -0.2) is 28.3 Å². The summed E-state index contributed by atoms with van der Waals surface area (Å²) >= 11 is 0. The van der Waals surface area contributed by atoms with Crippen LogP contribution in [0.25, 0.3) is 0 Å². The van der Waals surface area contributed by atoms with Crippen molar-refractivity contribution in [1.82, 2.24) is 10.3 Å². The summed E-state index contributed by atoms with van der Waals surface area (Å²) in [7, 11) is 0. The van der Waals surface area contributed by atoms with Gasteiger partial charge in [0.1, 0.15) is 6.61 Å². The van der Waals surface area contributed by atoms with Gasteiger partial charge in [0.2, 0.25) is 0 Å². The Morgan fingerprint density at radius 3 is 2.62 bits per heavy atom. The van der Waals surface area contributed by atoms with E-state index in [1.165, 1.54) is 6.07 Å². The molecule has 0 aliphatic heterocycles. The summed E-state index contributed by atoms with van der Waals surface area (Å²) in [4.78, 5) is 20.2. The molecule has 1 saturated carbocycles. The lowest BCUT2D eigenvalue weighted by Gasteiger charge is -2.25. The minimum atomic E-state index is -4.40. The van der Waals surface area contributed by atoms with Crippen LogP contribution in [0.5, 0.6) is 0 Å². The van der Waals surface area contributed by atoms with Crippen LogP contribution in [-0.2, 0) is 29.0 Å². The molecule has 0 spiro atoms. The zero-order chi connectivity index (χ0) is 24.6. The quantitative estimate of drug-likeness (QED) is 0.262. The van der Waals surface area contributed by atoms with Gasteiger partial charge >= 0.3 is 12.1 Å². The second-order valence-electron chi connectivity index (χ2n) is 8.56. The second-order valence-corrected chi connectivity index (χ2v) is 8.56. The molecule has 0 radical (unpaired) electrons. The first-order chi connectivity index (χ1) is 16.2. The van der Waals surface area contributed by atoms with Gasteiger partial charge in [-0.2, -0.15) is 13.2 Å². The number of carboxylic acids is 1. The molecule has 1 fully saturated rings. The molecular weight excluding hydrogens is 447 g/mol. The molecule has 3 rings (SSSR count). The predicted molar refractivity (Wildman–Crippen MR) is 122 cm³/mol. The molecule has 0 unspecified atom stereocenters. The summed E-state index contributed by atoms with van der Waals surface area (Å²) < 4.78 is 41.1. The van der Waals surface area contributed by atoms with Gasteiger partial charge in [-0.05, 0) is 55.0 Å². The number of rotatable bonds is 10. The van der Waals surface area contributed by atoms with Crippen LogP contribution in [0.3, 0.4) is 0 Å². The second kappa shape index (κ2) is 12.0. The molecule has 1 aliphatic rings. The third kappa shape index (κ3) is 7.55. The lowest BCUT2D eigenvalue weighted by molar-refractivity contribution is -0.139. The molecule has 1 heterocycles. The number of oxime groups is 1. The maximum absolute atomic E-state index is 13.7. The van der Waals surface area contributed by atoms with Crippen LogP contribution in [0.4, 0.5) is 13.2 Å². The van der Waals surface area contributed by atoms with E-state index in [9.17, 15) is 18.0 Å². The SMILES string of the molecule is C/C(=N\OCc1ccc(C2CCCCC2)c(C(F)(F)F)c1)c1ccc(CNCCC(=O)O)nc1. The molecule has 1 aliphatic carbocycles. The Morgan fingerprint density at radius 2 is 1.97 bits per heavy atom. The van der Waals surface area contributed by atoms with Crippen LogP contribution in [0.2, 0.25) is 0 Å². The molecule has 184 valence electrons. The Balaban J connectivity index is 1.59. The van der Waals surface area contributed by atoms with E-state index in [0.717, 1.165) is 43.4 Å². The molecule has 0 saturated heterocycles. The van der Waals surface area contributed by atoms with Crippen LogP contribution >= 0.6 is 0 Å². The zero-order valence-electron chi connectivity index (χ0n) is 19.2. The number of benzene rings is 1. The van der Waals surface area contributed by atoms with Gasteiger partial charge in [-0.15, -0.1) is 0 Å². The van der Waals surface area contributed by atoms with Gasteiger partial charge in [0.05, 0.1) is 23.4 Å². The number of alkyl halides is 3. The number of hydrogen-bond donors (Lipinski definition) is 2. The molecule has 1 aromatic carbocycles. The van der Waals surface area contributed by atoms with Crippen LogP contribution in [0.15, 0.2) is 41.7 Å². The smallest absolute Gasteiger partial charge is 0.416 e. The van der Waals surface area contributed by atoms with E-state index in [4.69, 9.17) is 9.94 Å². The molecule has 9 heteroatoms. The van der Waals surface area contributed by atoms with Crippen LogP contribution < -0.4 is 5.32 Å². The maximum atomic E-state index is 13.7. The van der Waals surface area contributed by atoms with E-state index >= 15 is 0 Å². The van der Waals surface area contributed by atoms with Gasteiger partial charge in [0, 0.05) is 24.8 Å². The average Bonchev–Trinajstić information content (AvgIpc) is 2.82. The number of nitrogens with one attached hydrogen (secondary N) is 1. The summed E-state index contributed by atoms with van der Waals surface area (Å²) in [6, 6.07) is 8.08. The fraction of sp³-hybridized carbons (Fsp3) is 0.480. The maximum Gasteiger partial charge on any atom is 0.416 e. The standard InChI is InChI=1S/C25H30F3N3O3/c1-17(20-8-9-21(30-14-20)15-29-12-11-24(32)33)31-34-16-18-7-10-22(19-5-3-2-4-6-19)23(13-18)25(26,27)28/h7-10,13-14,19,29H,2-6,11-12,15-16H2,1H3,(H,32,33)/b31-17+. The molecule has 0 atom stereocenters. The summed E-state index contributed by atoms with van der Waals surface area (Å²) in [5, 5.41) is 15.7. The van der Waals surface area contributed by atoms with Crippen molar-refractivity contribution in [2.24, 2.45) is 5.16 Å². The first kappa shape index (κ1) is 25.7. The lowest BCUT2D eigenvalue weighted by atomic mass is 9.81. The van der Waals surface area contributed by atoms with Crippen molar-refractivity contribution < 1.29 is 27.9 Å². The first-order valence-corrected chi connectivity index (χ1v) is 11.5. The van der Waals surface area contributed by atoms with Crippen LogP contribution in [0.1, 0.15) is 79.3 Å². The molecule has 6 nitrogen and oxygen atoms in total. The summed E-state index contributed by atoms with van der Waals surface area (Å²) in [5.41, 5.74) is 2.26. The minimum absolute atomic E-state index is 0.0367. The van der Waals surface area contributed by atoms with Crippen molar-refractivity contribution in [3.05, 3.63) is 64.5 Å². The fourth-order valence-electron chi connectivity index (χ4n) is 4.12. The highest BCUT2D eigenvalue weighted by atomic mass is 19.4. The van der Waals surface area contributed by atoms with Crippen molar-refractivity contribution >= 4 is 11.7 Å². The summed E-state index contributed by atoms with van der Waals surface area (Å²) in [6.07, 6.45) is 1.88. The molecule has 0 amide bonds. The van der Waals surface area contributed by atoms with E-state index in [1.807, 2.05) is 6.07 Å². The van der Waals surface area contributed by atoms with Gasteiger partial charge in [0.15, 0.2) is 0 Å². The molecule has 2 aromatic rings. The monoisotopic (exact) mass is 477 g/mol. The number of nitrogens with zero attached hydrogens (tertiary/aromatic N) is 2. The van der Waals surface area contributed by atoms with Crippen LogP contribution in [0, 0.1) is 0 Å². The van der Waals surface area contributed by atoms with E-state index < -0.39 is 17.7 Å². The largest absolute Gasteiger partial charge is 0.481 e. The first-order valence-electron chi connectivity index (χ1n) is 11.5. The van der Waals surface area contributed by atoms with Crippen molar-refractivity contribution in [3.8, 4) is 0 Å². The van der Waals surface area contributed by atoms with E-state index in [1.54, 1.807) is 31.3 Å². The van der Waals surface area contributed by atoms with Gasteiger partial charge < -0.3 is 15.3 Å². The van der Waals surface area contributed by atoms with Crippen molar-refractivity contribution in [1.29, 1.82) is 0 Å². The third-order valence-electron chi connectivity index (χ3n) is 5.97.